The van der Waals surface area contributed by atoms with Crippen molar-refractivity contribution in [3.05, 3.63) is 29.6 Å². The van der Waals surface area contributed by atoms with Gasteiger partial charge in [0.15, 0.2) is 0 Å². The van der Waals surface area contributed by atoms with Crippen molar-refractivity contribution in [2.24, 2.45) is 5.73 Å². The van der Waals surface area contributed by atoms with E-state index < -0.39 is 0 Å². The fourth-order valence-corrected chi connectivity index (χ4v) is 2.03. The predicted molar refractivity (Wildman–Crippen MR) is 77.2 cm³/mol. The monoisotopic (exact) mass is 249 g/mol. The standard InChI is InChI=1S/C15H27N3/c1-3-5-9-18(10-6-4-2)13-14-7-8-17-15(11-14)12-16/h7-8,11H,3-6,9-10,12-13,16H2,1-2H3. The zero-order valence-electron chi connectivity index (χ0n) is 11.9. The Morgan fingerprint density at radius 2 is 1.83 bits per heavy atom. The summed E-state index contributed by atoms with van der Waals surface area (Å²) in [6.45, 7) is 8.43. The van der Waals surface area contributed by atoms with E-state index in [0.29, 0.717) is 6.54 Å². The lowest BCUT2D eigenvalue weighted by Gasteiger charge is -2.22. The van der Waals surface area contributed by atoms with Crippen LogP contribution in [-0.4, -0.2) is 23.0 Å². The summed E-state index contributed by atoms with van der Waals surface area (Å²) >= 11 is 0. The third kappa shape index (κ3) is 5.61. The van der Waals surface area contributed by atoms with E-state index in [-0.39, 0.29) is 0 Å². The highest BCUT2D eigenvalue weighted by molar-refractivity contribution is 5.16. The molecule has 3 heteroatoms. The van der Waals surface area contributed by atoms with Crippen molar-refractivity contribution in [1.82, 2.24) is 9.88 Å². The van der Waals surface area contributed by atoms with E-state index in [4.69, 9.17) is 5.73 Å². The number of hydrogen-bond acceptors (Lipinski definition) is 3. The molecular formula is C15H27N3. The second kappa shape index (κ2) is 9.06. The van der Waals surface area contributed by atoms with Gasteiger partial charge in [0.2, 0.25) is 0 Å². The Labute approximate surface area is 111 Å². The Morgan fingerprint density at radius 1 is 1.17 bits per heavy atom. The number of rotatable bonds is 9. The summed E-state index contributed by atoms with van der Waals surface area (Å²) in [5, 5.41) is 0. The molecule has 0 spiro atoms. The summed E-state index contributed by atoms with van der Waals surface area (Å²) in [7, 11) is 0. The van der Waals surface area contributed by atoms with Crippen molar-refractivity contribution in [2.45, 2.75) is 52.6 Å². The Balaban J connectivity index is 2.56. The zero-order valence-corrected chi connectivity index (χ0v) is 11.9. The van der Waals surface area contributed by atoms with Gasteiger partial charge in [-0.2, -0.15) is 0 Å². The quantitative estimate of drug-likeness (QED) is 0.731. The Morgan fingerprint density at radius 3 is 2.39 bits per heavy atom. The van der Waals surface area contributed by atoms with Gasteiger partial charge >= 0.3 is 0 Å². The molecule has 3 nitrogen and oxygen atoms in total. The average Bonchev–Trinajstić information content (AvgIpc) is 2.42. The number of pyridine rings is 1. The minimum absolute atomic E-state index is 0.526. The maximum Gasteiger partial charge on any atom is 0.0542 e. The Kier molecular flexibility index (Phi) is 7.62. The molecule has 0 aliphatic carbocycles. The molecule has 0 saturated heterocycles. The molecule has 0 unspecified atom stereocenters. The summed E-state index contributed by atoms with van der Waals surface area (Å²) in [6.07, 6.45) is 6.94. The van der Waals surface area contributed by atoms with E-state index in [1.807, 2.05) is 6.20 Å². The van der Waals surface area contributed by atoms with Crippen LogP contribution >= 0.6 is 0 Å². The topological polar surface area (TPSA) is 42.2 Å². The molecule has 1 heterocycles. The van der Waals surface area contributed by atoms with Gasteiger partial charge in [-0.15, -0.1) is 0 Å². The summed E-state index contributed by atoms with van der Waals surface area (Å²) in [6, 6.07) is 4.23. The van der Waals surface area contributed by atoms with Gasteiger partial charge in [-0.1, -0.05) is 26.7 Å². The van der Waals surface area contributed by atoms with Crippen LogP contribution in [0.15, 0.2) is 18.3 Å². The maximum absolute atomic E-state index is 5.63. The highest BCUT2D eigenvalue weighted by atomic mass is 15.1. The third-order valence-electron chi connectivity index (χ3n) is 3.15. The van der Waals surface area contributed by atoms with Gasteiger partial charge in [-0.3, -0.25) is 9.88 Å². The van der Waals surface area contributed by atoms with E-state index in [1.54, 1.807) is 0 Å². The molecule has 0 saturated carbocycles. The number of aromatic nitrogens is 1. The van der Waals surface area contributed by atoms with Gasteiger partial charge < -0.3 is 5.73 Å². The first-order chi connectivity index (χ1) is 8.80. The summed E-state index contributed by atoms with van der Waals surface area (Å²) in [5.74, 6) is 0. The molecular weight excluding hydrogens is 222 g/mol. The summed E-state index contributed by atoms with van der Waals surface area (Å²) < 4.78 is 0. The molecule has 0 aliphatic rings. The number of unbranched alkanes of at least 4 members (excludes halogenated alkanes) is 2. The van der Waals surface area contributed by atoms with Crippen LogP contribution in [-0.2, 0) is 13.1 Å². The minimum Gasteiger partial charge on any atom is -0.325 e. The molecule has 0 fully saturated rings. The molecule has 0 atom stereocenters. The van der Waals surface area contributed by atoms with Crippen molar-refractivity contribution >= 4 is 0 Å². The molecule has 1 aromatic rings. The first-order valence-corrected chi connectivity index (χ1v) is 7.16. The van der Waals surface area contributed by atoms with Crippen LogP contribution in [0.25, 0.3) is 0 Å². The van der Waals surface area contributed by atoms with Gasteiger partial charge in [0, 0.05) is 19.3 Å². The van der Waals surface area contributed by atoms with Gasteiger partial charge in [0.05, 0.1) is 5.69 Å². The first kappa shape index (κ1) is 15.1. The van der Waals surface area contributed by atoms with Crippen LogP contribution in [0.2, 0.25) is 0 Å². The van der Waals surface area contributed by atoms with Crippen LogP contribution in [0.1, 0.15) is 50.8 Å². The Hall–Kier alpha value is -0.930. The van der Waals surface area contributed by atoms with Crippen molar-refractivity contribution in [1.29, 1.82) is 0 Å². The van der Waals surface area contributed by atoms with Crippen molar-refractivity contribution in [3.8, 4) is 0 Å². The molecule has 102 valence electrons. The second-order valence-electron chi connectivity index (χ2n) is 4.84. The van der Waals surface area contributed by atoms with Crippen LogP contribution in [0.5, 0.6) is 0 Å². The van der Waals surface area contributed by atoms with E-state index >= 15 is 0 Å². The van der Waals surface area contributed by atoms with Crippen LogP contribution in [0, 0.1) is 0 Å². The smallest absolute Gasteiger partial charge is 0.0542 e. The first-order valence-electron chi connectivity index (χ1n) is 7.16. The zero-order chi connectivity index (χ0) is 13.2. The van der Waals surface area contributed by atoms with E-state index in [2.05, 4.69) is 35.9 Å². The van der Waals surface area contributed by atoms with Gasteiger partial charge in [-0.05, 0) is 43.6 Å². The molecule has 0 radical (unpaired) electrons. The fraction of sp³-hybridized carbons (Fsp3) is 0.667. The SMILES string of the molecule is CCCCN(CCCC)Cc1ccnc(CN)c1. The molecule has 0 amide bonds. The minimum atomic E-state index is 0.526. The lowest BCUT2D eigenvalue weighted by atomic mass is 10.2. The number of nitrogens with two attached hydrogens (primary N) is 1. The molecule has 2 N–H and O–H groups in total. The molecule has 0 aromatic carbocycles. The van der Waals surface area contributed by atoms with Gasteiger partial charge in [-0.25, -0.2) is 0 Å². The van der Waals surface area contributed by atoms with Crippen molar-refractivity contribution < 1.29 is 0 Å². The lowest BCUT2D eigenvalue weighted by molar-refractivity contribution is 0.257. The van der Waals surface area contributed by atoms with E-state index in [1.165, 1.54) is 44.3 Å². The van der Waals surface area contributed by atoms with Crippen LogP contribution < -0.4 is 5.73 Å². The van der Waals surface area contributed by atoms with Gasteiger partial charge in [0.1, 0.15) is 0 Å². The lowest BCUT2D eigenvalue weighted by Crippen LogP contribution is -2.25. The summed E-state index contributed by atoms with van der Waals surface area (Å²) in [4.78, 5) is 6.79. The number of hydrogen-bond donors (Lipinski definition) is 1. The molecule has 18 heavy (non-hydrogen) atoms. The highest BCUT2D eigenvalue weighted by Gasteiger charge is 2.05. The highest BCUT2D eigenvalue weighted by Crippen LogP contribution is 2.08. The van der Waals surface area contributed by atoms with Crippen molar-refractivity contribution in [2.75, 3.05) is 13.1 Å². The maximum atomic E-state index is 5.63. The number of nitrogens with zero attached hydrogens (tertiary/aromatic N) is 2. The fourth-order valence-electron chi connectivity index (χ4n) is 2.03. The van der Waals surface area contributed by atoms with E-state index in [0.717, 1.165) is 12.2 Å². The van der Waals surface area contributed by atoms with Crippen LogP contribution in [0.4, 0.5) is 0 Å². The molecule has 0 aliphatic heterocycles. The van der Waals surface area contributed by atoms with E-state index in [9.17, 15) is 0 Å². The van der Waals surface area contributed by atoms with Crippen molar-refractivity contribution in [3.63, 3.8) is 0 Å². The van der Waals surface area contributed by atoms with Gasteiger partial charge in [0.25, 0.3) is 0 Å². The second-order valence-corrected chi connectivity index (χ2v) is 4.84. The molecule has 1 rings (SSSR count). The van der Waals surface area contributed by atoms with Crippen LogP contribution in [0.3, 0.4) is 0 Å². The normalized spacial score (nSPS) is 11.1. The largest absolute Gasteiger partial charge is 0.325 e. The average molecular weight is 249 g/mol. The molecule has 0 bridgehead atoms. The third-order valence-corrected chi connectivity index (χ3v) is 3.15. The predicted octanol–water partition coefficient (Wildman–Crippen LogP) is 2.94. The molecule has 1 aromatic heterocycles. The summed E-state index contributed by atoms with van der Waals surface area (Å²) in [5.41, 5.74) is 7.95. The Bertz CT molecular complexity index is 317.